The number of phenolic OH excluding ortho intramolecular Hbond substituents is 1. The molecule has 1 aliphatic heterocycles. The number of rotatable bonds is 7. The lowest BCUT2D eigenvalue weighted by Gasteiger charge is -2.37. The van der Waals surface area contributed by atoms with E-state index in [9.17, 15) is 23.1 Å². The van der Waals surface area contributed by atoms with Crippen molar-refractivity contribution >= 4 is 11.8 Å². The number of esters is 1. The Labute approximate surface area is 197 Å². The van der Waals surface area contributed by atoms with Crippen LogP contribution in [0.25, 0.3) is 11.3 Å². The van der Waals surface area contributed by atoms with E-state index < -0.39 is 22.9 Å². The van der Waals surface area contributed by atoms with E-state index in [4.69, 9.17) is 4.74 Å². The zero-order valence-electron chi connectivity index (χ0n) is 19.9. The highest BCUT2D eigenvalue weighted by atomic mass is 19.4. The van der Waals surface area contributed by atoms with Gasteiger partial charge in [-0.2, -0.15) is 13.2 Å². The molecule has 186 valence electrons. The van der Waals surface area contributed by atoms with Gasteiger partial charge >= 0.3 is 12.1 Å². The molecule has 2 N–H and O–H groups in total. The van der Waals surface area contributed by atoms with E-state index in [2.05, 4.69) is 20.4 Å². The molecule has 34 heavy (non-hydrogen) atoms. The monoisotopic (exact) mass is 480 g/mol. The smallest absolute Gasteiger partial charge is 0.416 e. The first-order chi connectivity index (χ1) is 15.9. The lowest BCUT2D eigenvalue weighted by atomic mass is 9.91. The van der Waals surface area contributed by atoms with E-state index in [-0.39, 0.29) is 17.6 Å². The van der Waals surface area contributed by atoms with Crippen LogP contribution in [0.15, 0.2) is 24.3 Å². The fourth-order valence-corrected chi connectivity index (χ4v) is 4.21. The van der Waals surface area contributed by atoms with Crippen LogP contribution >= 0.6 is 0 Å². The number of aromatic hydroxyl groups is 1. The molecule has 0 amide bonds. The Kier molecular flexibility index (Phi) is 7.70. The Morgan fingerprint density at radius 1 is 1.26 bits per heavy atom. The number of hydrogen-bond acceptors (Lipinski definition) is 7. The van der Waals surface area contributed by atoms with Gasteiger partial charge in [0, 0.05) is 24.7 Å². The highest BCUT2D eigenvalue weighted by molar-refractivity contribution is 5.76. The number of likely N-dealkylation sites (tertiary alicyclic amines) is 1. The maximum atomic E-state index is 12.9. The van der Waals surface area contributed by atoms with Crippen molar-refractivity contribution < 1.29 is 27.8 Å². The van der Waals surface area contributed by atoms with Crippen molar-refractivity contribution in [3.05, 3.63) is 35.4 Å². The molecule has 1 aliphatic rings. The molecule has 7 nitrogen and oxygen atoms in total. The van der Waals surface area contributed by atoms with E-state index in [1.54, 1.807) is 19.9 Å². The standard InChI is InChI=1S/C24H31F3N4O3/c1-5-34-22(33)23(3,4)14-31-10-6-7-17(13-31)28-20-11-15(2)21(30-29-20)18-9-8-16(12-19(18)32)24(25,26)27/h8-9,11-12,17,32H,5-7,10,13-14H2,1-4H3,(H,28,29)/t17-/m1/s1. The Hall–Kier alpha value is -2.88. The number of anilines is 1. The highest BCUT2D eigenvalue weighted by Crippen LogP contribution is 2.37. The first-order valence-electron chi connectivity index (χ1n) is 11.3. The Bertz CT molecular complexity index is 1030. The molecule has 1 aromatic carbocycles. The Morgan fingerprint density at radius 3 is 2.62 bits per heavy atom. The molecular weight excluding hydrogens is 449 g/mol. The first kappa shape index (κ1) is 25.7. The molecule has 2 aromatic rings. The molecule has 0 radical (unpaired) electrons. The van der Waals surface area contributed by atoms with Gasteiger partial charge in [0.05, 0.1) is 23.3 Å². The number of nitrogens with zero attached hydrogens (tertiary/aromatic N) is 3. The van der Waals surface area contributed by atoms with Gasteiger partial charge in [-0.25, -0.2) is 0 Å². The van der Waals surface area contributed by atoms with Crippen molar-refractivity contribution in [1.29, 1.82) is 0 Å². The molecule has 1 fully saturated rings. The summed E-state index contributed by atoms with van der Waals surface area (Å²) in [7, 11) is 0. The molecule has 0 unspecified atom stereocenters. The number of halogens is 3. The third-order valence-electron chi connectivity index (χ3n) is 5.87. The third kappa shape index (κ3) is 6.16. The van der Waals surface area contributed by atoms with Crippen LogP contribution in [0.5, 0.6) is 5.75 Å². The lowest BCUT2D eigenvalue weighted by molar-refractivity contribution is -0.154. The fourth-order valence-electron chi connectivity index (χ4n) is 4.21. The van der Waals surface area contributed by atoms with Crippen LogP contribution < -0.4 is 5.32 Å². The van der Waals surface area contributed by atoms with Crippen molar-refractivity contribution in [3.63, 3.8) is 0 Å². The average Bonchev–Trinajstić information content (AvgIpc) is 2.74. The second kappa shape index (κ2) is 10.2. The first-order valence-corrected chi connectivity index (χ1v) is 11.3. The number of aryl methyl sites for hydroxylation is 1. The summed E-state index contributed by atoms with van der Waals surface area (Å²) in [6.45, 7) is 9.87. The van der Waals surface area contributed by atoms with Crippen LogP contribution in [-0.2, 0) is 15.7 Å². The molecule has 0 spiro atoms. The van der Waals surface area contributed by atoms with E-state index in [0.29, 0.717) is 36.3 Å². The molecule has 1 saturated heterocycles. The quantitative estimate of drug-likeness (QED) is 0.558. The summed E-state index contributed by atoms with van der Waals surface area (Å²) in [5, 5.41) is 21.9. The predicted octanol–water partition coefficient (Wildman–Crippen LogP) is 4.64. The van der Waals surface area contributed by atoms with Gasteiger partial charge in [-0.05, 0) is 76.9 Å². The number of carbonyl (C=O) groups excluding carboxylic acids is 1. The molecule has 3 rings (SSSR count). The minimum absolute atomic E-state index is 0.103. The largest absolute Gasteiger partial charge is 0.507 e. The van der Waals surface area contributed by atoms with Gasteiger partial charge in [-0.15, -0.1) is 10.2 Å². The molecule has 2 heterocycles. The van der Waals surface area contributed by atoms with Gasteiger partial charge < -0.3 is 20.1 Å². The minimum Gasteiger partial charge on any atom is -0.507 e. The molecular formula is C24H31F3N4O3. The topological polar surface area (TPSA) is 87.6 Å². The van der Waals surface area contributed by atoms with Crippen LogP contribution in [0.1, 0.15) is 44.7 Å². The zero-order valence-corrected chi connectivity index (χ0v) is 19.9. The van der Waals surface area contributed by atoms with Gasteiger partial charge in [0.25, 0.3) is 0 Å². The van der Waals surface area contributed by atoms with Gasteiger partial charge in [0.1, 0.15) is 11.6 Å². The lowest BCUT2D eigenvalue weighted by Crippen LogP contribution is -2.48. The van der Waals surface area contributed by atoms with Crippen molar-refractivity contribution in [1.82, 2.24) is 15.1 Å². The highest BCUT2D eigenvalue weighted by Gasteiger charge is 2.34. The SMILES string of the molecule is CCOC(=O)C(C)(C)CN1CCC[C@@H](Nc2cc(C)c(-c3ccc(C(F)(F)F)cc3O)nn2)C1. The average molecular weight is 481 g/mol. The van der Waals surface area contributed by atoms with Crippen LogP contribution in [0.3, 0.4) is 0 Å². The van der Waals surface area contributed by atoms with Crippen LogP contribution in [0.4, 0.5) is 19.0 Å². The van der Waals surface area contributed by atoms with E-state index in [0.717, 1.165) is 32.0 Å². The number of alkyl halides is 3. The van der Waals surface area contributed by atoms with Crippen LogP contribution in [0, 0.1) is 12.3 Å². The number of aromatic nitrogens is 2. The van der Waals surface area contributed by atoms with Crippen molar-refractivity contribution in [2.75, 3.05) is 31.6 Å². The number of piperidine rings is 1. The van der Waals surface area contributed by atoms with E-state index >= 15 is 0 Å². The van der Waals surface area contributed by atoms with Crippen molar-refractivity contribution in [2.45, 2.75) is 52.8 Å². The molecule has 1 aromatic heterocycles. The molecule has 0 aliphatic carbocycles. The predicted molar refractivity (Wildman–Crippen MR) is 122 cm³/mol. The normalized spacial score (nSPS) is 17.4. The van der Waals surface area contributed by atoms with Gasteiger partial charge in [0.15, 0.2) is 0 Å². The summed E-state index contributed by atoms with van der Waals surface area (Å²) in [5.74, 6) is -0.169. The maximum Gasteiger partial charge on any atom is 0.416 e. The molecule has 0 saturated carbocycles. The minimum atomic E-state index is -4.54. The van der Waals surface area contributed by atoms with Crippen LogP contribution in [-0.4, -0.2) is 58.5 Å². The summed E-state index contributed by atoms with van der Waals surface area (Å²) in [6, 6.07) is 4.67. The van der Waals surface area contributed by atoms with Crippen LogP contribution in [0.2, 0.25) is 0 Å². The number of phenols is 1. The summed E-state index contributed by atoms with van der Waals surface area (Å²) in [5.41, 5.74) is -0.360. The van der Waals surface area contributed by atoms with Gasteiger partial charge in [0.2, 0.25) is 0 Å². The van der Waals surface area contributed by atoms with E-state index in [1.165, 1.54) is 6.07 Å². The summed E-state index contributed by atoms with van der Waals surface area (Å²) < 4.78 is 43.8. The zero-order chi connectivity index (χ0) is 25.1. The fraction of sp³-hybridized carbons (Fsp3) is 0.542. The number of carbonyl (C=O) groups is 1. The van der Waals surface area contributed by atoms with Gasteiger partial charge in [-0.1, -0.05) is 0 Å². The number of nitrogens with one attached hydrogen (secondary N) is 1. The summed E-state index contributed by atoms with van der Waals surface area (Å²) in [4.78, 5) is 14.5. The van der Waals surface area contributed by atoms with Gasteiger partial charge in [-0.3, -0.25) is 4.79 Å². The van der Waals surface area contributed by atoms with E-state index in [1.807, 2.05) is 13.8 Å². The Morgan fingerprint density at radius 2 is 2.00 bits per heavy atom. The maximum absolute atomic E-state index is 12.9. The number of benzene rings is 1. The molecule has 1 atom stereocenters. The Balaban J connectivity index is 1.68. The second-order valence-electron chi connectivity index (χ2n) is 9.31. The van der Waals surface area contributed by atoms with Crippen molar-refractivity contribution in [2.24, 2.45) is 5.41 Å². The second-order valence-corrected chi connectivity index (χ2v) is 9.31. The summed E-state index contributed by atoms with van der Waals surface area (Å²) in [6.07, 6.45) is -2.65. The molecule has 0 bridgehead atoms. The molecule has 10 heteroatoms. The number of hydrogen-bond donors (Lipinski definition) is 2. The van der Waals surface area contributed by atoms with Crippen molar-refractivity contribution in [3.8, 4) is 17.0 Å². The number of ether oxygens (including phenoxy) is 1. The third-order valence-corrected chi connectivity index (χ3v) is 5.87. The summed E-state index contributed by atoms with van der Waals surface area (Å²) >= 11 is 0.